The van der Waals surface area contributed by atoms with Crippen LogP contribution in [-0.2, 0) is 16.0 Å². The molecule has 0 amide bonds. The van der Waals surface area contributed by atoms with E-state index in [1.165, 1.54) is 12.1 Å². The molecule has 2 rings (SSSR count). The number of aryl methyl sites for hydroxylation is 1. The summed E-state index contributed by atoms with van der Waals surface area (Å²) >= 11 is 0. The van der Waals surface area contributed by atoms with Crippen LogP contribution in [0.3, 0.4) is 0 Å². The van der Waals surface area contributed by atoms with Crippen LogP contribution in [0.25, 0.3) is 11.4 Å². The molecular formula is C13H18FN5O2. The van der Waals surface area contributed by atoms with Gasteiger partial charge in [-0.25, -0.2) is 9.07 Å². The van der Waals surface area contributed by atoms with Gasteiger partial charge in [-0.3, -0.25) is 0 Å². The molecule has 0 radical (unpaired) electrons. The second kappa shape index (κ2) is 7.65. The number of methoxy groups -OCH3 is 1. The van der Waals surface area contributed by atoms with Crippen LogP contribution < -0.4 is 5.73 Å². The fourth-order valence-electron chi connectivity index (χ4n) is 1.79. The number of rotatable bonds is 8. The molecule has 0 bridgehead atoms. The van der Waals surface area contributed by atoms with Crippen molar-refractivity contribution in [1.82, 2.24) is 20.2 Å². The molecular weight excluding hydrogens is 277 g/mol. The van der Waals surface area contributed by atoms with Gasteiger partial charge in [-0.05, 0) is 35.0 Å². The number of aromatic nitrogens is 4. The molecule has 0 fully saturated rings. The highest BCUT2D eigenvalue weighted by molar-refractivity contribution is 5.58. The van der Waals surface area contributed by atoms with Crippen molar-refractivity contribution in [2.75, 3.05) is 32.7 Å². The van der Waals surface area contributed by atoms with Crippen molar-refractivity contribution in [3.8, 4) is 11.4 Å². The number of hydrogen-bond acceptors (Lipinski definition) is 6. The van der Waals surface area contributed by atoms with Gasteiger partial charge < -0.3 is 15.2 Å². The van der Waals surface area contributed by atoms with Gasteiger partial charge in [0.15, 0.2) is 5.82 Å². The lowest BCUT2D eigenvalue weighted by Gasteiger charge is -2.06. The first-order chi connectivity index (χ1) is 10.2. The standard InChI is InChI=1S/C13H18FN5O2/c1-20-7-8-21-6-2-5-19-13(16-17-18-19)10-3-4-12(15)11(14)9-10/h3-4,9H,2,5-8,15H2,1H3. The van der Waals surface area contributed by atoms with E-state index in [9.17, 15) is 4.39 Å². The summed E-state index contributed by atoms with van der Waals surface area (Å²) in [6.07, 6.45) is 0.749. The summed E-state index contributed by atoms with van der Waals surface area (Å²) in [5.74, 6) is 0.0238. The maximum Gasteiger partial charge on any atom is 0.182 e. The van der Waals surface area contributed by atoms with Gasteiger partial charge in [0, 0.05) is 25.8 Å². The molecule has 114 valence electrons. The van der Waals surface area contributed by atoms with Crippen LogP contribution in [0.15, 0.2) is 18.2 Å². The molecule has 0 spiro atoms. The van der Waals surface area contributed by atoms with Crippen LogP contribution >= 0.6 is 0 Å². The molecule has 2 N–H and O–H groups in total. The Morgan fingerprint density at radius 3 is 2.90 bits per heavy atom. The maximum atomic E-state index is 13.5. The molecule has 8 heteroatoms. The fraction of sp³-hybridized carbons (Fsp3) is 0.462. The molecule has 1 aromatic heterocycles. The molecule has 0 aliphatic carbocycles. The van der Waals surface area contributed by atoms with Crippen molar-refractivity contribution >= 4 is 5.69 Å². The van der Waals surface area contributed by atoms with Crippen LogP contribution in [0.1, 0.15) is 6.42 Å². The predicted molar refractivity (Wildman–Crippen MR) is 74.9 cm³/mol. The van der Waals surface area contributed by atoms with Crippen LogP contribution in [0.4, 0.5) is 10.1 Å². The lowest BCUT2D eigenvalue weighted by atomic mass is 10.2. The van der Waals surface area contributed by atoms with Gasteiger partial charge in [-0.1, -0.05) is 0 Å². The van der Waals surface area contributed by atoms with Crippen molar-refractivity contribution in [3.63, 3.8) is 0 Å². The van der Waals surface area contributed by atoms with E-state index in [-0.39, 0.29) is 5.69 Å². The Balaban J connectivity index is 1.93. The van der Waals surface area contributed by atoms with Crippen molar-refractivity contribution in [3.05, 3.63) is 24.0 Å². The van der Waals surface area contributed by atoms with Crippen LogP contribution in [0, 0.1) is 5.82 Å². The summed E-state index contributed by atoms with van der Waals surface area (Å²) in [6, 6.07) is 4.51. The SMILES string of the molecule is COCCOCCCn1nnnc1-c1ccc(N)c(F)c1. The molecule has 0 saturated heterocycles. The summed E-state index contributed by atoms with van der Waals surface area (Å²) in [6.45, 7) is 2.29. The fourth-order valence-corrected chi connectivity index (χ4v) is 1.79. The van der Waals surface area contributed by atoms with E-state index >= 15 is 0 Å². The van der Waals surface area contributed by atoms with E-state index in [1.807, 2.05) is 0 Å². The molecule has 2 aromatic rings. The Kier molecular flexibility index (Phi) is 5.59. The zero-order valence-electron chi connectivity index (χ0n) is 11.8. The molecule has 0 aliphatic heterocycles. The number of nitrogen functional groups attached to an aromatic ring is 1. The topological polar surface area (TPSA) is 88.1 Å². The molecule has 1 heterocycles. The highest BCUT2D eigenvalue weighted by Crippen LogP contribution is 2.20. The number of ether oxygens (including phenoxy) is 2. The number of nitrogens with zero attached hydrogens (tertiary/aromatic N) is 4. The van der Waals surface area contributed by atoms with E-state index in [0.717, 1.165) is 6.42 Å². The molecule has 7 nitrogen and oxygen atoms in total. The Morgan fingerprint density at radius 2 is 2.14 bits per heavy atom. The monoisotopic (exact) mass is 295 g/mol. The van der Waals surface area contributed by atoms with Crippen LogP contribution in [0.2, 0.25) is 0 Å². The van der Waals surface area contributed by atoms with E-state index in [4.69, 9.17) is 15.2 Å². The number of anilines is 1. The number of benzene rings is 1. The summed E-state index contributed by atoms with van der Waals surface area (Å²) < 4.78 is 25.4. The highest BCUT2D eigenvalue weighted by Gasteiger charge is 2.10. The molecule has 21 heavy (non-hydrogen) atoms. The minimum absolute atomic E-state index is 0.101. The largest absolute Gasteiger partial charge is 0.396 e. The number of halogens is 1. The third kappa shape index (κ3) is 4.20. The second-order valence-corrected chi connectivity index (χ2v) is 4.42. The summed E-state index contributed by atoms with van der Waals surface area (Å²) in [4.78, 5) is 0. The first-order valence-electron chi connectivity index (χ1n) is 6.60. The van der Waals surface area contributed by atoms with Crippen molar-refractivity contribution in [1.29, 1.82) is 0 Å². The summed E-state index contributed by atoms with van der Waals surface area (Å²) in [5, 5.41) is 11.4. The minimum atomic E-state index is -0.482. The quantitative estimate of drug-likeness (QED) is 0.580. The molecule has 0 aliphatic rings. The van der Waals surface area contributed by atoms with E-state index in [2.05, 4.69) is 15.5 Å². The van der Waals surface area contributed by atoms with E-state index in [1.54, 1.807) is 17.9 Å². The second-order valence-electron chi connectivity index (χ2n) is 4.42. The van der Waals surface area contributed by atoms with Crippen molar-refractivity contribution < 1.29 is 13.9 Å². The molecule has 0 unspecified atom stereocenters. The van der Waals surface area contributed by atoms with Gasteiger partial charge in [-0.2, -0.15) is 0 Å². The lowest BCUT2D eigenvalue weighted by Crippen LogP contribution is -2.08. The predicted octanol–water partition coefficient (Wildman–Crippen LogP) is 1.11. The first kappa shape index (κ1) is 15.3. The summed E-state index contributed by atoms with van der Waals surface area (Å²) in [5.41, 5.74) is 6.15. The van der Waals surface area contributed by atoms with Gasteiger partial charge in [0.2, 0.25) is 0 Å². The number of nitrogens with two attached hydrogens (primary N) is 1. The third-order valence-electron chi connectivity index (χ3n) is 2.88. The van der Waals surface area contributed by atoms with Crippen LogP contribution in [0.5, 0.6) is 0 Å². The molecule has 0 atom stereocenters. The zero-order valence-corrected chi connectivity index (χ0v) is 11.8. The smallest absolute Gasteiger partial charge is 0.182 e. The average Bonchev–Trinajstić information content (AvgIpc) is 2.94. The Hall–Kier alpha value is -2.06. The van der Waals surface area contributed by atoms with Crippen molar-refractivity contribution in [2.24, 2.45) is 0 Å². The highest BCUT2D eigenvalue weighted by atomic mass is 19.1. The zero-order chi connectivity index (χ0) is 15.1. The van der Waals surface area contributed by atoms with E-state index < -0.39 is 5.82 Å². The first-order valence-corrected chi connectivity index (χ1v) is 6.60. The van der Waals surface area contributed by atoms with Gasteiger partial charge in [-0.15, -0.1) is 5.10 Å². The van der Waals surface area contributed by atoms with Crippen molar-refractivity contribution in [2.45, 2.75) is 13.0 Å². The van der Waals surface area contributed by atoms with Gasteiger partial charge in [0.1, 0.15) is 5.82 Å². The van der Waals surface area contributed by atoms with Crippen LogP contribution in [-0.4, -0.2) is 47.1 Å². The Morgan fingerprint density at radius 1 is 1.29 bits per heavy atom. The third-order valence-corrected chi connectivity index (χ3v) is 2.88. The lowest BCUT2D eigenvalue weighted by molar-refractivity contribution is 0.0677. The number of hydrogen-bond donors (Lipinski definition) is 1. The normalized spacial score (nSPS) is 11.0. The maximum absolute atomic E-state index is 13.5. The Bertz CT molecular complexity index is 575. The van der Waals surface area contributed by atoms with Gasteiger partial charge in [0.25, 0.3) is 0 Å². The Labute approximate surface area is 121 Å². The summed E-state index contributed by atoms with van der Waals surface area (Å²) in [7, 11) is 1.63. The minimum Gasteiger partial charge on any atom is -0.396 e. The van der Waals surface area contributed by atoms with Gasteiger partial charge >= 0.3 is 0 Å². The van der Waals surface area contributed by atoms with E-state index in [0.29, 0.717) is 37.8 Å². The van der Waals surface area contributed by atoms with Gasteiger partial charge in [0.05, 0.1) is 18.9 Å². The average molecular weight is 295 g/mol. The molecule has 0 saturated carbocycles. The molecule has 1 aromatic carbocycles. The number of tetrazole rings is 1.